The Kier molecular flexibility index (Phi) is 5.03. The molecule has 0 spiro atoms. The third-order valence-electron chi connectivity index (χ3n) is 3.51. The predicted molar refractivity (Wildman–Crippen MR) is 77.4 cm³/mol. The minimum absolute atomic E-state index is 0.0667. The molecule has 2 rings (SSSR count). The molecule has 0 aliphatic carbocycles. The number of nitrogens with one attached hydrogen (secondary N) is 1. The van der Waals surface area contributed by atoms with E-state index in [0.29, 0.717) is 17.9 Å². The lowest BCUT2D eigenvalue weighted by Crippen LogP contribution is -2.37. The molecular weight excluding hydrogens is 272 g/mol. The van der Waals surface area contributed by atoms with Crippen LogP contribution in [0.1, 0.15) is 28.8 Å². The Morgan fingerprint density at radius 1 is 1.24 bits per heavy atom. The summed E-state index contributed by atoms with van der Waals surface area (Å²) in [5, 5.41) is 2.86. The van der Waals surface area contributed by atoms with Crippen LogP contribution in [0.2, 0.25) is 0 Å². The van der Waals surface area contributed by atoms with Gasteiger partial charge in [-0.3, -0.25) is 0 Å². The molecule has 1 aliphatic heterocycles. The minimum Gasteiger partial charge on any atom is -0.496 e. The molecule has 0 unspecified atom stereocenters. The van der Waals surface area contributed by atoms with Gasteiger partial charge in [-0.2, -0.15) is 0 Å². The van der Waals surface area contributed by atoms with Crippen LogP contribution in [0.5, 0.6) is 5.75 Å². The van der Waals surface area contributed by atoms with Crippen molar-refractivity contribution in [3.05, 3.63) is 29.3 Å². The summed E-state index contributed by atoms with van der Waals surface area (Å²) < 4.78 is 9.86. The molecule has 2 amide bonds. The van der Waals surface area contributed by atoms with Crippen molar-refractivity contribution in [2.75, 3.05) is 27.3 Å². The molecule has 1 aliphatic rings. The second-order valence-electron chi connectivity index (χ2n) is 4.88. The van der Waals surface area contributed by atoms with Gasteiger partial charge in [0.1, 0.15) is 11.3 Å². The monoisotopic (exact) mass is 292 g/mol. The van der Waals surface area contributed by atoms with Crippen molar-refractivity contribution in [2.24, 2.45) is 0 Å². The number of carbonyl (C=O) groups is 2. The van der Waals surface area contributed by atoms with Crippen molar-refractivity contribution < 1.29 is 19.1 Å². The van der Waals surface area contributed by atoms with Crippen LogP contribution < -0.4 is 10.1 Å². The fourth-order valence-corrected chi connectivity index (χ4v) is 2.34. The van der Waals surface area contributed by atoms with E-state index in [1.54, 1.807) is 17.0 Å². The second kappa shape index (κ2) is 6.97. The molecule has 1 heterocycles. The highest BCUT2D eigenvalue weighted by Crippen LogP contribution is 2.20. The summed E-state index contributed by atoms with van der Waals surface area (Å²) in [4.78, 5) is 25.4. The molecule has 1 saturated heterocycles. The lowest BCUT2D eigenvalue weighted by molar-refractivity contribution is 0.0597. The van der Waals surface area contributed by atoms with Crippen LogP contribution in [-0.2, 0) is 11.3 Å². The molecule has 0 radical (unpaired) electrons. The zero-order chi connectivity index (χ0) is 15.2. The molecule has 1 aromatic carbocycles. The first-order valence-corrected chi connectivity index (χ1v) is 6.93. The van der Waals surface area contributed by atoms with E-state index in [4.69, 9.17) is 9.47 Å². The molecule has 114 valence electrons. The summed E-state index contributed by atoms with van der Waals surface area (Å²) in [5.41, 5.74) is 1.18. The lowest BCUT2D eigenvalue weighted by atomic mass is 10.1. The van der Waals surface area contributed by atoms with Crippen LogP contribution in [0, 0.1) is 0 Å². The Labute approximate surface area is 124 Å². The Balaban J connectivity index is 2.03. The quantitative estimate of drug-likeness (QED) is 0.859. The van der Waals surface area contributed by atoms with Crippen molar-refractivity contribution in [1.29, 1.82) is 0 Å². The normalized spacial score (nSPS) is 13.9. The number of benzene rings is 1. The molecule has 0 bridgehead atoms. The molecule has 0 saturated carbocycles. The molecular formula is C15H20N2O4. The fourth-order valence-electron chi connectivity index (χ4n) is 2.34. The van der Waals surface area contributed by atoms with E-state index in [-0.39, 0.29) is 6.03 Å². The molecule has 21 heavy (non-hydrogen) atoms. The van der Waals surface area contributed by atoms with Gasteiger partial charge in [0.15, 0.2) is 0 Å². The highest BCUT2D eigenvalue weighted by atomic mass is 16.5. The Hall–Kier alpha value is -2.24. The van der Waals surface area contributed by atoms with Gasteiger partial charge in [-0.15, -0.1) is 0 Å². The molecule has 6 nitrogen and oxygen atoms in total. The van der Waals surface area contributed by atoms with E-state index >= 15 is 0 Å². The Morgan fingerprint density at radius 2 is 1.95 bits per heavy atom. The number of likely N-dealkylation sites (tertiary alicyclic amines) is 1. The van der Waals surface area contributed by atoms with Crippen molar-refractivity contribution >= 4 is 12.0 Å². The predicted octanol–water partition coefficient (Wildman–Crippen LogP) is 1.79. The smallest absolute Gasteiger partial charge is 0.341 e. The summed E-state index contributed by atoms with van der Waals surface area (Å²) in [7, 11) is 2.82. The number of amides is 2. The summed E-state index contributed by atoms with van der Waals surface area (Å²) in [5.74, 6) is -0.00367. The van der Waals surface area contributed by atoms with E-state index in [2.05, 4.69) is 5.32 Å². The van der Waals surface area contributed by atoms with Crippen LogP contribution in [0.4, 0.5) is 4.79 Å². The summed E-state index contributed by atoms with van der Waals surface area (Å²) >= 11 is 0. The topological polar surface area (TPSA) is 67.9 Å². The minimum atomic E-state index is -0.459. The van der Waals surface area contributed by atoms with Gasteiger partial charge in [-0.1, -0.05) is 6.07 Å². The van der Waals surface area contributed by atoms with Gasteiger partial charge in [0.2, 0.25) is 0 Å². The molecule has 1 aromatic rings. The zero-order valence-electron chi connectivity index (χ0n) is 12.3. The third-order valence-corrected chi connectivity index (χ3v) is 3.51. The SMILES string of the molecule is COC(=O)c1cc(CNC(=O)N2CCCC2)ccc1OC. The first-order valence-electron chi connectivity index (χ1n) is 6.93. The number of rotatable bonds is 4. The van der Waals surface area contributed by atoms with Crippen molar-refractivity contribution in [3.8, 4) is 5.75 Å². The van der Waals surface area contributed by atoms with E-state index < -0.39 is 5.97 Å². The van der Waals surface area contributed by atoms with Gasteiger partial charge < -0.3 is 19.7 Å². The van der Waals surface area contributed by atoms with Crippen LogP contribution >= 0.6 is 0 Å². The maximum Gasteiger partial charge on any atom is 0.341 e. The number of nitrogens with zero attached hydrogens (tertiary/aromatic N) is 1. The average Bonchev–Trinajstić information content (AvgIpc) is 3.06. The fraction of sp³-hybridized carbons (Fsp3) is 0.467. The van der Waals surface area contributed by atoms with Gasteiger partial charge >= 0.3 is 12.0 Å². The number of esters is 1. The highest BCUT2D eigenvalue weighted by Gasteiger charge is 2.18. The van der Waals surface area contributed by atoms with Gasteiger partial charge in [-0.25, -0.2) is 9.59 Å². The summed E-state index contributed by atoms with van der Waals surface area (Å²) in [6.07, 6.45) is 2.12. The van der Waals surface area contributed by atoms with Gasteiger partial charge in [-0.05, 0) is 30.5 Å². The Bertz CT molecular complexity index is 524. The maximum atomic E-state index is 11.9. The molecule has 0 aromatic heterocycles. The van der Waals surface area contributed by atoms with Crippen LogP contribution in [0.25, 0.3) is 0 Å². The van der Waals surface area contributed by atoms with Gasteiger partial charge in [0.05, 0.1) is 14.2 Å². The number of hydrogen-bond donors (Lipinski definition) is 1. The van der Waals surface area contributed by atoms with Gasteiger partial charge in [0, 0.05) is 19.6 Å². The van der Waals surface area contributed by atoms with Crippen molar-refractivity contribution in [2.45, 2.75) is 19.4 Å². The number of hydrogen-bond acceptors (Lipinski definition) is 4. The number of urea groups is 1. The maximum absolute atomic E-state index is 11.9. The van der Waals surface area contributed by atoms with E-state index in [0.717, 1.165) is 31.5 Å². The number of carbonyl (C=O) groups excluding carboxylic acids is 2. The first kappa shape index (κ1) is 15.2. The molecule has 1 fully saturated rings. The van der Waals surface area contributed by atoms with Crippen molar-refractivity contribution in [3.63, 3.8) is 0 Å². The van der Waals surface area contributed by atoms with Gasteiger partial charge in [0.25, 0.3) is 0 Å². The standard InChI is InChI=1S/C15H20N2O4/c1-20-13-6-5-11(9-12(13)14(18)21-2)10-16-15(19)17-7-3-4-8-17/h5-6,9H,3-4,7-8,10H2,1-2H3,(H,16,19). The van der Waals surface area contributed by atoms with Crippen LogP contribution in [0.15, 0.2) is 18.2 Å². The largest absolute Gasteiger partial charge is 0.496 e. The van der Waals surface area contributed by atoms with E-state index in [1.165, 1.54) is 14.2 Å². The summed E-state index contributed by atoms with van der Waals surface area (Å²) in [6, 6.07) is 5.12. The number of methoxy groups -OCH3 is 2. The van der Waals surface area contributed by atoms with E-state index in [1.807, 2.05) is 6.07 Å². The third kappa shape index (κ3) is 3.65. The van der Waals surface area contributed by atoms with Crippen LogP contribution in [-0.4, -0.2) is 44.2 Å². The molecule has 6 heteroatoms. The lowest BCUT2D eigenvalue weighted by Gasteiger charge is -2.16. The molecule has 0 atom stereocenters. The first-order chi connectivity index (χ1) is 10.2. The summed E-state index contributed by atoms with van der Waals surface area (Å²) in [6.45, 7) is 1.98. The van der Waals surface area contributed by atoms with E-state index in [9.17, 15) is 9.59 Å². The average molecular weight is 292 g/mol. The Morgan fingerprint density at radius 3 is 2.57 bits per heavy atom. The zero-order valence-corrected chi connectivity index (χ0v) is 12.3. The van der Waals surface area contributed by atoms with Crippen LogP contribution in [0.3, 0.4) is 0 Å². The van der Waals surface area contributed by atoms with Crippen molar-refractivity contribution in [1.82, 2.24) is 10.2 Å². The second-order valence-corrected chi connectivity index (χ2v) is 4.88. The molecule has 1 N–H and O–H groups in total. The number of ether oxygens (including phenoxy) is 2. The highest BCUT2D eigenvalue weighted by molar-refractivity contribution is 5.92.